The Labute approximate surface area is 220 Å². The molecule has 1 aliphatic carbocycles. The predicted octanol–water partition coefficient (Wildman–Crippen LogP) is -4.78. The van der Waals surface area contributed by atoms with Crippen LogP contribution >= 0.6 is 0 Å². The van der Waals surface area contributed by atoms with Crippen LogP contribution in [0.15, 0.2) is 48.5 Å². The molecule has 31 heavy (non-hydrogen) atoms. The fourth-order valence-electron chi connectivity index (χ4n) is 4.97. The number of halogens is 3. The molecule has 0 amide bonds. The standard InChI is InChI=1S/C26H29Si.3ClH.Ti/c1-5-6-9-22-21-10-7-8-11-23(21)24-15-19(4)26(16-25(22)24)27-20-13-17(2)12-18(3)14-20;;;;/h7-8,10-15,22H,5-6,9,27H2,1-4H3;3*1H;/q;;;;+3/p-3. The van der Waals surface area contributed by atoms with Gasteiger partial charge in [-0.1, -0.05) is 0 Å². The van der Waals surface area contributed by atoms with E-state index in [-0.39, 0.29) is 37.2 Å². The van der Waals surface area contributed by atoms with E-state index in [0.717, 1.165) is 0 Å². The van der Waals surface area contributed by atoms with Crippen molar-refractivity contribution in [2.75, 3.05) is 0 Å². The summed E-state index contributed by atoms with van der Waals surface area (Å²) < 4.78 is 1.58. The summed E-state index contributed by atoms with van der Waals surface area (Å²) in [6.45, 7) is 9.10. The van der Waals surface area contributed by atoms with Crippen molar-refractivity contribution in [1.29, 1.82) is 0 Å². The molecule has 1 unspecified atom stereocenters. The Balaban J connectivity index is 0.00000160. The summed E-state index contributed by atoms with van der Waals surface area (Å²) >= 11 is 2.40. The number of unbranched alkanes of at least 4 members (excludes halogenated alkanes) is 1. The minimum Gasteiger partial charge on any atom is -1.00 e. The third-order valence-electron chi connectivity index (χ3n) is 6.18. The van der Waals surface area contributed by atoms with Crippen LogP contribution in [0, 0.1) is 20.8 Å². The van der Waals surface area contributed by atoms with E-state index >= 15 is 0 Å². The van der Waals surface area contributed by atoms with Gasteiger partial charge in [-0.25, -0.2) is 0 Å². The van der Waals surface area contributed by atoms with Gasteiger partial charge >= 0.3 is 185 Å². The molecule has 0 bridgehead atoms. The van der Waals surface area contributed by atoms with Crippen LogP contribution in [-0.2, 0) is 20.4 Å². The van der Waals surface area contributed by atoms with E-state index in [0.29, 0.717) is 5.92 Å². The summed E-state index contributed by atoms with van der Waals surface area (Å²) in [5.41, 5.74) is 10.5. The van der Waals surface area contributed by atoms with Crippen LogP contribution in [0.5, 0.6) is 0 Å². The average molecular weight is 524 g/mol. The second-order valence-corrected chi connectivity index (χ2v) is 11.1. The van der Waals surface area contributed by atoms with E-state index in [1.807, 2.05) is 0 Å². The summed E-state index contributed by atoms with van der Waals surface area (Å²) in [6.07, 6.45) is 3.84. The van der Waals surface area contributed by atoms with Crippen molar-refractivity contribution in [2.24, 2.45) is 0 Å². The van der Waals surface area contributed by atoms with Crippen LogP contribution in [0.1, 0.15) is 59.9 Å². The first-order valence-electron chi connectivity index (χ1n) is 10.5. The van der Waals surface area contributed by atoms with Crippen LogP contribution in [0.4, 0.5) is 0 Å². The summed E-state index contributed by atoms with van der Waals surface area (Å²) in [6, 6.07) is 18.7. The van der Waals surface area contributed by atoms with Gasteiger partial charge in [-0.2, -0.15) is 0 Å². The molecule has 162 valence electrons. The maximum Gasteiger partial charge on any atom is -1.00 e. The third kappa shape index (κ3) is 5.69. The second kappa shape index (κ2) is 12.1. The minimum absolute atomic E-state index is 0. The van der Waals surface area contributed by atoms with E-state index in [4.69, 9.17) is 0 Å². The number of fused-ring (bicyclic) bond motifs is 3. The fraction of sp³-hybridized carbons (Fsp3) is 0.308. The van der Waals surface area contributed by atoms with Crippen LogP contribution in [0.2, 0.25) is 0 Å². The number of aryl methyl sites for hydroxylation is 3. The van der Waals surface area contributed by atoms with Crippen molar-refractivity contribution in [1.82, 2.24) is 0 Å². The number of hydrogen-bond acceptors (Lipinski definition) is 0. The van der Waals surface area contributed by atoms with Gasteiger partial charge in [0.25, 0.3) is 0 Å². The van der Waals surface area contributed by atoms with Gasteiger partial charge in [0, 0.05) is 0 Å². The Hall–Kier alpha value is -0.539. The third-order valence-corrected chi connectivity index (χ3v) is 9.71. The molecule has 0 saturated carbocycles. The molecule has 0 nitrogen and oxygen atoms in total. The summed E-state index contributed by atoms with van der Waals surface area (Å²) in [4.78, 5) is 0. The first-order chi connectivity index (χ1) is 13.5. The molecule has 0 N–H and O–H groups in total. The molecule has 0 fully saturated rings. The second-order valence-electron chi connectivity index (χ2n) is 8.46. The van der Waals surface area contributed by atoms with E-state index in [2.05, 4.69) is 96.7 Å². The molecule has 0 heterocycles. The molecule has 0 saturated heterocycles. The summed E-state index contributed by atoms with van der Waals surface area (Å²) in [7, 11) is -0.481. The van der Waals surface area contributed by atoms with E-state index in [1.165, 1.54) is 47.1 Å². The van der Waals surface area contributed by atoms with Crippen molar-refractivity contribution in [3.63, 3.8) is 0 Å². The predicted molar refractivity (Wildman–Crippen MR) is 121 cm³/mol. The zero-order valence-electron chi connectivity index (χ0n) is 18.7. The van der Waals surface area contributed by atoms with Gasteiger partial charge in [-0.05, 0) is 0 Å². The Morgan fingerprint density at radius 1 is 0.871 bits per heavy atom. The zero-order valence-corrected chi connectivity index (χ0v) is 23.9. The van der Waals surface area contributed by atoms with Gasteiger partial charge in [0.05, 0.1) is 0 Å². The first kappa shape index (κ1) is 28.5. The van der Waals surface area contributed by atoms with E-state index in [1.54, 1.807) is 25.4 Å². The Bertz CT molecular complexity index is 1030. The normalized spacial score (nSPS) is 13.8. The molecule has 3 aromatic carbocycles. The van der Waals surface area contributed by atoms with Crippen molar-refractivity contribution in [3.05, 3.63) is 76.3 Å². The largest absolute Gasteiger partial charge is 1.00 e. The van der Waals surface area contributed by atoms with Crippen molar-refractivity contribution in [2.45, 2.75) is 52.9 Å². The SMILES string of the molecule is CCCCC1c2ccccc2-c2cc(C)c([SiH2]c3cc(C)cc(C)c3)[c]([Ti+3])c21.[Cl-].[Cl-].[Cl-]. The van der Waals surface area contributed by atoms with Gasteiger partial charge in [0.15, 0.2) is 0 Å². The Morgan fingerprint density at radius 3 is 2.16 bits per heavy atom. The Morgan fingerprint density at radius 2 is 1.52 bits per heavy atom. The van der Waals surface area contributed by atoms with E-state index < -0.39 is 9.52 Å². The topological polar surface area (TPSA) is 0 Å². The number of benzene rings is 3. The smallest absolute Gasteiger partial charge is 1.00 e. The maximum absolute atomic E-state index is 2.50. The molecule has 1 aliphatic rings. The van der Waals surface area contributed by atoms with Crippen molar-refractivity contribution >= 4 is 23.8 Å². The molecule has 0 spiro atoms. The molecule has 5 heteroatoms. The zero-order chi connectivity index (χ0) is 19.8. The summed E-state index contributed by atoms with van der Waals surface area (Å²) in [5, 5.41) is 3.24. The van der Waals surface area contributed by atoms with Gasteiger partial charge in [-0.15, -0.1) is 0 Å². The van der Waals surface area contributed by atoms with Gasteiger partial charge in [0.2, 0.25) is 0 Å². The van der Waals surface area contributed by atoms with Crippen LogP contribution in [0.25, 0.3) is 11.1 Å². The molecular formula is C26H29Cl3SiTi. The number of hydrogen-bond donors (Lipinski definition) is 0. The monoisotopic (exact) mass is 522 g/mol. The maximum atomic E-state index is 2.50. The average Bonchev–Trinajstić information content (AvgIpc) is 2.96. The number of rotatable bonds is 5. The van der Waals surface area contributed by atoms with Gasteiger partial charge < -0.3 is 37.2 Å². The van der Waals surface area contributed by atoms with E-state index in [9.17, 15) is 0 Å². The minimum atomic E-state index is -0.481. The fourth-order valence-corrected chi connectivity index (χ4v) is 8.18. The molecule has 0 aromatic heterocycles. The molecular weight excluding hydrogens is 495 g/mol. The Kier molecular flexibility index (Phi) is 11.1. The molecule has 0 radical (unpaired) electrons. The van der Waals surface area contributed by atoms with Crippen LogP contribution < -0.4 is 51.5 Å². The van der Waals surface area contributed by atoms with Gasteiger partial charge in [-0.3, -0.25) is 0 Å². The molecule has 0 aliphatic heterocycles. The van der Waals surface area contributed by atoms with Crippen molar-refractivity contribution in [3.8, 4) is 11.1 Å². The van der Waals surface area contributed by atoms with Gasteiger partial charge in [0.1, 0.15) is 0 Å². The van der Waals surface area contributed by atoms with Crippen LogP contribution in [0.3, 0.4) is 0 Å². The first-order valence-corrected chi connectivity index (χ1v) is 12.7. The van der Waals surface area contributed by atoms with Crippen molar-refractivity contribution < 1.29 is 57.7 Å². The molecule has 3 aromatic rings. The summed E-state index contributed by atoms with van der Waals surface area (Å²) in [5.74, 6) is 0.582. The molecule has 4 rings (SSSR count). The van der Waals surface area contributed by atoms with Crippen LogP contribution in [-0.4, -0.2) is 9.52 Å². The molecule has 1 atom stereocenters. The quantitative estimate of drug-likeness (QED) is 0.295.